The maximum atomic E-state index is 13.7. The van der Waals surface area contributed by atoms with Crippen LogP contribution in [0.5, 0.6) is 0 Å². The number of hydrogen-bond acceptors (Lipinski definition) is 4. The van der Waals surface area contributed by atoms with Gasteiger partial charge in [0.15, 0.2) is 11.5 Å². The van der Waals surface area contributed by atoms with Crippen LogP contribution in [0.3, 0.4) is 0 Å². The first kappa shape index (κ1) is 13.5. The average molecular weight is 303 g/mol. The molecule has 3 aromatic rings. The number of carboxylic acid groups (broad SMARTS) is 1. The Kier molecular flexibility index (Phi) is 3.31. The molecule has 0 aliphatic carbocycles. The van der Waals surface area contributed by atoms with Crippen LogP contribution in [0.1, 0.15) is 16.1 Å². The molecule has 2 aromatic heterocycles. The molecule has 0 spiro atoms. The van der Waals surface area contributed by atoms with E-state index in [1.807, 2.05) is 11.4 Å². The van der Waals surface area contributed by atoms with Crippen molar-refractivity contribution in [3.63, 3.8) is 0 Å². The summed E-state index contributed by atoms with van der Waals surface area (Å²) in [7, 11) is 0. The molecule has 21 heavy (non-hydrogen) atoms. The summed E-state index contributed by atoms with van der Waals surface area (Å²) in [5.41, 5.74) is 0.612. The van der Waals surface area contributed by atoms with Gasteiger partial charge in [0.1, 0.15) is 5.82 Å². The highest BCUT2D eigenvalue weighted by molar-refractivity contribution is 7.13. The monoisotopic (exact) mass is 303 g/mol. The van der Waals surface area contributed by atoms with Crippen LogP contribution in [-0.2, 0) is 0 Å². The molecule has 0 saturated carbocycles. The third kappa shape index (κ3) is 2.45. The molecule has 0 saturated heterocycles. The van der Waals surface area contributed by atoms with Crippen molar-refractivity contribution in [3.8, 4) is 22.1 Å². The molecule has 0 fully saturated rings. The second-order valence-corrected chi connectivity index (χ2v) is 5.39. The van der Waals surface area contributed by atoms with Crippen molar-refractivity contribution < 1.29 is 18.7 Å². The quantitative estimate of drug-likeness (QED) is 0.787. The number of halogens is 1. The molecule has 3 rings (SSSR count). The van der Waals surface area contributed by atoms with E-state index in [4.69, 9.17) is 4.42 Å². The van der Waals surface area contributed by atoms with E-state index >= 15 is 0 Å². The molecule has 1 aromatic carbocycles. The molecule has 2 heterocycles. The number of nitrogens with zero attached hydrogens (tertiary/aromatic N) is 1. The summed E-state index contributed by atoms with van der Waals surface area (Å²) in [6.07, 6.45) is 0. The minimum atomic E-state index is -1.21. The van der Waals surface area contributed by atoms with Gasteiger partial charge in [-0.25, -0.2) is 14.2 Å². The predicted molar refractivity (Wildman–Crippen MR) is 76.9 cm³/mol. The number of benzene rings is 1. The van der Waals surface area contributed by atoms with Gasteiger partial charge < -0.3 is 9.52 Å². The molecule has 1 N–H and O–H groups in total. The third-order valence-electron chi connectivity index (χ3n) is 3.00. The highest BCUT2D eigenvalue weighted by Gasteiger charge is 2.22. The molecule has 106 valence electrons. The Bertz CT molecular complexity index is 808. The maximum absolute atomic E-state index is 13.7. The minimum Gasteiger partial charge on any atom is -0.476 e. The van der Waals surface area contributed by atoms with Crippen molar-refractivity contribution in [1.29, 1.82) is 0 Å². The fraction of sp³-hybridized carbons (Fsp3) is 0.0667. The smallest absolute Gasteiger partial charge is 0.358 e. The standard InChI is InChI=1S/C15H10FNO3S/c1-8-4-5-9(7-10(8)16)13-12(15(18)19)17-14(20-13)11-3-2-6-21-11/h2-7H,1H3,(H,18,19). The summed E-state index contributed by atoms with van der Waals surface area (Å²) in [5, 5.41) is 11.1. The number of rotatable bonds is 3. The van der Waals surface area contributed by atoms with Gasteiger partial charge in [-0.1, -0.05) is 18.2 Å². The molecule has 0 unspecified atom stereocenters. The largest absolute Gasteiger partial charge is 0.476 e. The first-order chi connectivity index (χ1) is 10.1. The van der Waals surface area contributed by atoms with Gasteiger partial charge in [0, 0.05) is 5.56 Å². The molecule has 0 bridgehead atoms. The first-order valence-electron chi connectivity index (χ1n) is 6.11. The van der Waals surface area contributed by atoms with Crippen LogP contribution in [0.2, 0.25) is 0 Å². The zero-order chi connectivity index (χ0) is 15.0. The second-order valence-electron chi connectivity index (χ2n) is 4.44. The fourth-order valence-electron chi connectivity index (χ4n) is 1.90. The zero-order valence-electron chi connectivity index (χ0n) is 11.0. The van der Waals surface area contributed by atoms with Gasteiger partial charge in [-0.15, -0.1) is 11.3 Å². The maximum Gasteiger partial charge on any atom is 0.358 e. The van der Waals surface area contributed by atoms with Crippen LogP contribution in [-0.4, -0.2) is 16.1 Å². The van der Waals surface area contributed by atoms with Gasteiger partial charge >= 0.3 is 5.97 Å². The Morgan fingerprint density at radius 1 is 1.38 bits per heavy atom. The number of carboxylic acids is 1. The number of aromatic nitrogens is 1. The normalized spacial score (nSPS) is 10.8. The minimum absolute atomic E-state index is 0.0600. The van der Waals surface area contributed by atoms with E-state index in [1.54, 1.807) is 25.1 Å². The third-order valence-corrected chi connectivity index (χ3v) is 3.85. The number of aromatic carboxylic acids is 1. The molecule has 6 heteroatoms. The van der Waals surface area contributed by atoms with Crippen LogP contribution in [0, 0.1) is 12.7 Å². The highest BCUT2D eigenvalue weighted by atomic mass is 32.1. The van der Waals surface area contributed by atoms with Crippen molar-refractivity contribution in [2.24, 2.45) is 0 Å². The summed E-state index contributed by atoms with van der Waals surface area (Å²) in [4.78, 5) is 16.0. The predicted octanol–water partition coefficient (Wildman–Crippen LogP) is 4.22. The van der Waals surface area contributed by atoms with Crippen molar-refractivity contribution in [2.75, 3.05) is 0 Å². The Morgan fingerprint density at radius 2 is 2.19 bits per heavy atom. The van der Waals surface area contributed by atoms with Crippen molar-refractivity contribution in [2.45, 2.75) is 6.92 Å². The topological polar surface area (TPSA) is 63.3 Å². The lowest BCUT2D eigenvalue weighted by atomic mass is 10.1. The molecule has 0 radical (unpaired) electrons. The van der Waals surface area contributed by atoms with E-state index in [0.29, 0.717) is 11.1 Å². The van der Waals surface area contributed by atoms with E-state index in [9.17, 15) is 14.3 Å². The van der Waals surface area contributed by atoms with Crippen LogP contribution in [0.15, 0.2) is 40.1 Å². The summed E-state index contributed by atoms with van der Waals surface area (Å²) in [6.45, 7) is 1.63. The summed E-state index contributed by atoms with van der Waals surface area (Å²) >= 11 is 1.39. The zero-order valence-corrected chi connectivity index (χ0v) is 11.8. The van der Waals surface area contributed by atoms with Crippen LogP contribution in [0.4, 0.5) is 4.39 Å². The Hall–Kier alpha value is -2.47. The lowest BCUT2D eigenvalue weighted by Gasteiger charge is -2.00. The van der Waals surface area contributed by atoms with Crippen LogP contribution < -0.4 is 0 Å². The van der Waals surface area contributed by atoms with E-state index in [2.05, 4.69) is 4.98 Å². The summed E-state index contributed by atoms with van der Waals surface area (Å²) in [6, 6.07) is 8.03. The number of hydrogen-bond donors (Lipinski definition) is 1. The highest BCUT2D eigenvalue weighted by Crippen LogP contribution is 2.32. The van der Waals surface area contributed by atoms with Gasteiger partial charge in [-0.05, 0) is 30.0 Å². The van der Waals surface area contributed by atoms with Gasteiger partial charge in [-0.3, -0.25) is 0 Å². The molecule has 4 nitrogen and oxygen atoms in total. The number of thiophene rings is 1. The van der Waals surface area contributed by atoms with Crippen molar-refractivity contribution in [1.82, 2.24) is 4.98 Å². The molecular formula is C15H10FNO3S. The van der Waals surface area contributed by atoms with Gasteiger partial charge in [-0.2, -0.15) is 0 Å². The molecule has 0 atom stereocenters. The summed E-state index contributed by atoms with van der Waals surface area (Å²) < 4.78 is 19.2. The van der Waals surface area contributed by atoms with E-state index in [-0.39, 0.29) is 17.3 Å². The molecule has 0 aliphatic heterocycles. The van der Waals surface area contributed by atoms with Gasteiger partial charge in [0.05, 0.1) is 4.88 Å². The lowest BCUT2D eigenvalue weighted by molar-refractivity contribution is 0.0691. The SMILES string of the molecule is Cc1ccc(-c2oc(-c3cccs3)nc2C(=O)O)cc1F. The molecular weight excluding hydrogens is 293 g/mol. The van der Waals surface area contributed by atoms with Crippen molar-refractivity contribution >= 4 is 17.3 Å². The second kappa shape index (κ2) is 5.14. The molecule has 0 aliphatic rings. The van der Waals surface area contributed by atoms with Crippen LogP contribution in [0.25, 0.3) is 22.1 Å². The molecule has 0 amide bonds. The van der Waals surface area contributed by atoms with E-state index in [1.165, 1.54) is 17.4 Å². The fourth-order valence-corrected chi connectivity index (χ4v) is 2.55. The Labute approximate surface area is 123 Å². The number of oxazole rings is 1. The van der Waals surface area contributed by atoms with E-state index < -0.39 is 11.8 Å². The van der Waals surface area contributed by atoms with Gasteiger partial charge in [0.25, 0.3) is 0 Å². The number of aryl methyl sites for hydroxylation is 1. The van der Waals surface area contributed by atoms with Crippen molar-refractivity contribution in [3.05, 3.63) is 52.8 Å². The first-order valence-corrected chi connectivity index (χ1v) is 6.99. The van der Waals surface area contributed by atoms with Gasteiger partial charge in [0.2, 0.25) is 5.89 Å². The summed E-state index contributed by atoms with van der Waals surface area (Å²) in [5.74, 6) is -1.35. The Balaban J connectivity index is 2.16. The Morgan fingerprint density at radius 3 is 2.81 bits per heavy atom. The van der Waals surface area contributed by atoms with Crippen LogP contribution >= 0.6 is 11.3 Å². The lowest BCUT2D eigenvalue weighted by Crippen LogP contribution is -1.99. The average Bonchev–Trinajstić information content (AvgIpc) is 3.09. The number of carbonyl (C=O) groups is 1. The van der Waals surface area contributed by atoms with E-state index in [0.717, 1.165) is 4.88 Å².